The lowest BCUT2D eigenvalue weighted by molar-refractivity contribution is 0.0271. The number of likely N-dealkylation sites (tertiary alicyclic amines) is 1. The first kappa shape index (κ1) is 25.2. The first-order chi connectivity index (χ1) is 15.8. The minimum Gasteiger partial charge on any atom is -0.444 e. The molecule has 0 aromatic carbocycles. The Morgan fingerprint density at radius 2 is 1.74 bits per heavy atom. The Kier molecular flexibility index (Phi) is 6.62. The van der Waals surface area contributed by atoms with Crippen molar-refractivity contribution in [2.24, 2.45) is 11.8 Å². The molecule has 2 saturated carbocycles. The molecule has 3 heterocycles. The monoisotopic (exact) mass is 493 g/mol. The largest absolute Gasteiger partial charge is 0.444 e. The van der Waals surface area contributed by atoms with Gasteiger partial charge in [0.2, 0.25) is 0 Å². The van der Waals surface area contributed by atoms with Crippen LogP contribution in [0.25, 0.3) is 10.9 Å². The zero-order valence-electron chi connectivity index (χ0n) is 21.5. The molecule has 7 nitrogen and oxygen atoms in total. The summed E-state index contributed by atoms with van der Waals surface area (Å²) in [7, 11) is 6.00. The van der Waals surface area contributed by atoms with Crippen molar-refractivity contribution in [3.05, 3.63) is 22.4 Å². The molecule has 0 radical (unpaired) electrons. The minimum absolute atomic E-state index is 0.0772. The summed E-state index contributed by atoms with van der Waals surface area (Å²) in [5, 5.41) is 5.67. The van der Waals surface area contributed by atoms with Crippen molar-refractivity contribution in [1.29, 1.82) is 0 Å². The van der Waals surface area contributed by atoms with E-state index in [-0.39, 0.29) is 29.1 Å². The highest BCUT2D eigenvalue weighted by Gasteiger charge is 2.59. The van der Waals surface area contributed by atoms with E-state index in [1.165, 1.54) is 0 Å². The van der Waals surface area contributed by atoms with Gasteiger partial charge in [0.05, 0.1) is 17.4 Å². The SMILES string of the molecule is CC(C)c1nc(Cl)c(F)c2c1c(C1[C@H]3CN(C(=O)OC(C)(C)C)C[C@@H]13)nn2C1CC1.CN(C)C. The molecule has 0 spiro atoms. The highest BCUT2D eigenvalue weighted by Crippen LogP contribution is 2.60. The van der Waals surface area contributed by atoms with E-state index in [2.05, 4.69) is 4.98 Å². The number of piperidine rings is 1. The van der Waals surface area contributed by atoms with Gasteiger partial charge in [-0.05, 0) is 72.5 Å². The van der Waals surface area contributed by atoms with Gasteiger partial charge in [-0.3, -0.25) is 4.68 Å². The van der Waals surface area contributed by atoms with E-state index >= 15 is 4.39 Å². The lowest BCUT2D eigenvalue weighted by Crippen LogP contribution is -2.36. The van der Waals surface area contributed by atoms with Gasteiger partial charge in [-0.1, -0.05) is 25.4 Å². The normalized spacial score (nSPS) is 23.9. The number of hydrogen-bond donors (Lipinski definition) is 0. The van der Waals surface area contributed by atoms with Gasteiger partial charge >= 0.3 is 6.09 Å². The van der Waals surface area contributed by atoms with Crippen LogP contribution in [0.1, 0.15) is 76.7 Å². The average Bonchev–Trinajstić information content (AvgIpc) is 3.58. The van der Waals surface area contributed by atoms with Crippen LogP contribution in [0, 0.1) is 17.7 Å². The van der Waals surface area contributed by atoms with Crippen LogP contribution in [-0.4, -0.2) is 70.5 Å². The maximum absolute atomic E-state index is 15.1. The summed E-state index contributed by atoms with van der Waals surface area (Å²) < 4.78 is 22.4. The van der Waals surface area contributed by atoms with E-state index in [1.54, 1.807) is 4.90 Å². The molecule has 188 valence electrons. The summed E-state index contributed by atoms with van der Waals surface area (Å²) in [4.78, 5) is 20.6. The van der Waals surface area contributed by atoms with Crippen LogP contribution in [0.4, 0.5) is 9.18 Å². The molecule has 0 bridgehead atoms. The van der Waals surface area contributed by atoms with Crippen molar-refractivity contribution in [1.82, 2.24) is 24.6 Å². The van der Waals surface area contributed by atoms with E-state index in [9.17, 15) is 4.79 Å². The molecule has 9 heteroatoms. The zero-order chi connectivity index (χ0) is 25.1. The second-order valence-electron chi connectivity index (χ2n) is 11.6. The predicted molar refractivity (Wildman–Crippen MR) is 132 cm³/mol. The van der Waals surface area contributed by atoms with Gasteiger partial charge in [-0.15, -0.1) is 0 Å². The van der Waals surface area contributed by atoms with Crippen LogP contribution in [0.2, 0.25) is 5.15 Å². The molecule has 3 aliphatic rings. The summed E-state index contributed by atoms with van der Waals surface area (Å²) in [5.41, 5.74) is 1.75. The van der Waals surface area contributed by atoms with Crippen molar-refractivity contribution in [3.63, 3.8) is 0 Å². The minimum atomic E-state index is -0.503. The number of pyridine rings is 1. The van der Waals surface area contributed by atoms with E-state index < -0.39 is 11.4 Å². The second-order valence-corrected chi connectivity index (χ2v) is 12.0. The Bertz CT molecular complexity index is 1070. The average molecular weight is 494 g/mol. The number of amides is 1. The van der Waals surface area contributed by atoms with Crippen molar-refractivity contribution in [2.75, 3.05) is 34.2 Å². The molecule has 1 amide bonds. The first-order valence-corrected chi connectivity index (χ1v) is 12.5. The highest BCUT2D eigenvalue weighted by atomic mass is 35.5. The number of fused-ring (bicyclic) bond motifs is 2. The Balaban J connectivity index is 0.000000636. The molecule has 2 aromatic heterocycles. The van der Waals surface area contributed by atoms with Gasteiger partial charge in [0.1, 0.15) is 11.1 Å². The van der Waals surface area contributed by atoms with Crippen molar-refractivity contribution in [2.45, 2.75) is 70.9 Å². The molecule has 2 aliphatic carbocycles. The van der Waals surface area contributed by atoms with Crippen molar-refractivity contribution >= 4 is 28.6 Å². The van der Waals surface area contributed by atoms with Gasteiger partial charge in [0, 0.05) is 24.4 Å². The van der Waals surface area contributed by atoms with Gasteiger partial charge in [-0.25, -0.2) is 14.2 Å². The number of nitrogens with zero attached hydrogens (tertiary/aromatic N) is 5. The summed E-state index contributed by atoms with van der Waals surface area (Å²) in [6.45, 7) is 11.0. The molecule has 3 atom stereocenters. The quantitative estimate of drug-likeness (QED) is 0.533. The predicted octanol–water partition coefficient (Wildman–Crippen LogP) is 5.44. The maximum atomic E-state index is 15.1. The fourth-order valence-electron chi connectivity index (χ4n) is 4.87. The third kappa shape index (κ3) is 4.89. The third-order valence-electron chi connectivity index (χ3n) is 6.40. The number of ether oxygens (including phenoxy) is 1. The van der Waals surface area contributed by atoms with E-state index in [0.717, 1.165) is 29.6 Å². The molecule has 1 saturated heterocycles. The summed E-state index contributed by atoms with van der Waals surface area (Å²) in [6.07, 6.45) is 1.76. The van der Waals surface area contributed by atoms with E-state index in [4.69, 9.17) is 21.4 Å². The maximum Gasteiger partial charge on any atom is 0.410 e. The lowest BCUT2D eigenvalue weighted by atomic mass is 10.0. The fraction of sp³-hybridized carbons (Fsp3) is 0.720. The van der Waals surface area contributed by atoms with Crippen LogP contribution < -0.4 is 0 Å². The van der Waals surface area contributed by atoms with Crippen LogP contribution in [-0.2, 0) is 4.74 Å². The fourth-order valence-corrected chi connectivity index (χ4v) is 5.05. The van der Waals surface area contributed by atoms with Crippen molar-refractivity contribution < 1.29 is 13.9 Å². The highest BCUT2D eigenvalue weighted by molar-refractivity contribution is 6.30. The number of aromatic nitrogens is 3. The van der Waals surface area contributed by atoms with Crippen molar-refractivity contribution in [3.8, 4) is 0 Å². The molecule has 2 aromatic rings. The smallest absolute Gasteiger partial charge is 0.410 e. The van der Waals surface area contributed by atoms with Crippen LogP contribution in [0.5, 0.6) is 0 Å². The summed E-state index contributed by atoms with van der Waals surface area (Å²) in [5.74, 6) is 0.538. The second kappa shape index (κ2) is 8.94. The van der Waals surface area contributed by atoms with E-state index in [1.807, 2.05) is 65.3 Å². The number of hydrogen-bond acceptors (Lipinski definition) is 5. The lowest BCUT2D eigenvalue weighted by Gasteiger charge is -2.25. The number of halogens is 2. The Morgan fingerprint density at radius 3 is 2.21 bits per heavy atom. The van der Waals surface area contributed by atoms with Gasteiger partial charge in [0.25, 0.3) is 0 Å². The molecule has 1 unspecified atom stereocenters. The molecular formula is C25H37ClFN5O2. The first-order valence-electron chi connectivity index (χ1n) is 12.2. The van der Waals surface area contributed by atoms with Gasteiger partial charge in [-0.2, -0.15) is 5.10 Å². The van der Waals surface area contributed by atoms with Crippen LogP contribution in [0.15, 0.2) is 0 Å². The Labute approximate surface area is 206 Å². The summed E-state index contributed by atoms with van der Waals surface area (Å²) >= 11 is 6.16. The number of carbonyl (C=O) groups excluding carboxylic acids is 1. The molecule has 34 heavy (non-hydrogen) atoms. The molecule has 3 fully saturated rings. The molecule has 1 aliphatic heterocycles. The van der Waals surface area contributed by atoms with Gasteiger partial charge in [0.15, 0.2) is 11.0 Å². The zero-order valence-corrected chi connectivity index (χ0v) is 22.3. The van der Waals surface area contributed by atoms with E-state index in [0.29, 0.717) is 30.4 Å². The number of carbonyl (C=O) groups is 1. The molecule has 5 rings (SSSR count). The topological polar surface area (TPSA) is 63.5 Å². The number of rotatable bonds is 3. The molecular weight excluding hydrogens is 457 g/mol. The Hall–Kier alpha value is -1.93. The molecule has 0 N–H and O–H groups in total. The Morgan fingerprint density at radius 1 is 1.18 bits per heavy atom. The van der Waals surface area contributed by atoms with Crippen LogP contribution >= 0.6 is 11.6 Å². The van der Waals surface area contributed by atoms with Crippen LogP contribution in [0.3, 0.4) is 0 Å². The standard InChI is InChI=1S/C22H28ClFN4O2.C3H9N/c1-10(2)17-15-18(26-28(11-6-7-11)19(15)16(24)20(23)25-17)14-12-8-27(9-13(12)14)21(29)30-22(3,4)5;1-4(2)3/h10-14H,6-9H2,1-5H3;1-3H3/t12-,13+,14?;. The van der Waals surface area contributed by atoms with Gasteiger partial charge < -0.3 is 14.5 Å². The third-order valence-corrected chi connectivity index (χ3v) is 6.65. The summed E-state index contributed by atoms with van der Waals surface area (Å²) in [6, 6.07) is 0.242.